The zero-order valence-electron chi connectivity index (χ0n) is 12.9. The third-order valence-electron chi connectivity index (χ3n) is 4.91. The number of aliphatic hydroxyl groups is 1. The van der Waals surface area contributed by atoms with Crippen LogP contribution >= 0.6 is 11.3 Å². The van der Waals surface area contributed by atoms with E-state index in [1.807, 2.05) is 0 Å². The molecule has 1 aromatic rings. The summed E-state index contributed by atoms with van der Waals surface area (Å²) in [6.07, 6.45) is 7.27. The van der Waals surface area contributed by atoms with Crippen molar-refractivity contribution < 1.29 is 5.11 Å². The van der Waals surface area contributed by atoms with Crippen molar-refractivity contribution in [1.29, 1.82) is 0 Å². The summed E-state index contributed by atoms with van der Waals surface area (Å²) in [6, 6.07) is 0. The summed E-state index contributed by atoms with van der Waals surface area (Å²) in [5.41, 5.74) is 8.18. The van der Waals surface area contributed by atoms with Crippen molar-refractivity contribution in [2.45, 2.75) is 58.3 Å². The highest BCUT2D eigenvalue weighted by Gasteiger charge is 2.25. The molecular weight excluding hydrogens is 282 g/mol. The monoisotopic (exact) mass is 309 g/mol. The van der Waals surface area contributed by atoms with E-state index in [0.29, 0.717) is 0 Å². The van der Waals surface area contributed by atoms with E-state index in [9.17, 15) is 5.11 Å². The topological polar surface area (TPSA) is 61.5 Å². The van der Waals surface area contributed by atoms with Crippen LogP contribution in [0.1, 0.15) is 48.1 Å². The minimum atomic E-state index is -0.970. The van der Waals surface area contributed by atoms with E-state index in [0.717, 1.165) is 23.9 Å². The predicted octanol–water partition coefficient (Wildman–Crippen LogP) is 2.64. The lowest BCUT2D eigenvalue weighted by Crippen LogP contribution is -2.34. The Labute approximate surface area is 131 Å². The van der Waals surface area contributed by atoms with Crippen LogP contribution in [-0.4, -0.2) is 29.4 Å². The molecule has 1 saturated carbocycles. The summed E-state index contributed by atoms with van der Waals surface area (Å²) >= 11 is 1.76. The minimum absolute atomic E-state index is 0.905. The quantitative estimate of drug-likeness (QED) is 0.748. The molecule has 1 fully saturated rings. The van der Waals surface area contributed by atoms with E-state index in [1.54, 1.807) is 11.3 Å². The fourth-order valence-electron chi connectivity index (χ4n) is 3.74. The van der Waals surface area contributed by atoms with Crippen LogP contribution < -0.4 is 11.1 Å². The van der Waals surface area contributed by atoms with Crippen molar-refractivity contribution in [3.05, 3.63) is 16.0 Å². The van der Waals surface area contributed by atoms with Crippen LogP contribution in [0.5, 0.6) is 0 Å². The van der Waals surface area contributed by atoms with E-state index in [4.69, 9.17) is 5.73 Å². The number of hydrogen-bond acceptors (Lipinski definition) is 5. The van der Waals surface area contributed by atoms with Gasteiger partial charge in [0.05, 0.1) is 5.00 Å². The Morgan fingerprint density at radius 1 is 1.38 bits per heavy atom. The third kappa shape index (κ3) is 3.59. The average Bonchev–Trinajstić information content (AvgIpc) is 2.76. The van der Waals surface area contributed by atoms with Gasteiger partial charge in [0, 0.05) is 24.5 Å². The molecule has 0 bridgehead atoms. The molecule has 4 N–H and O–H groups in total. The van der Waals surface area contributed by atoms with Gasteiger partial charge in [-0.25, -0.2) is 0 Å². The van der Waals surface area contributed by atoms with E-state index in [2.05, 4.69) is 17.1 Å². The molecule has 4 nitrogen and oxygen atoms in total. The lowest BCUT2D eigenvalue weighted by molar-refractivity contribution is 0.188. The Morgan fingerprint density at radius 2 is 2.14 bits per heavy atom. The van der Waals surface area contributed by atoms with Crippen molar-refractivity contribution >= 4 is 16.3 Å². The fraction of sp³-hybridized carbons (Fsp3) is 0.750. The average molecular weight is 309 g/mol. The highest BCUT2D eigenvalue weighted by atomic mass is 32.1. The van der Waals surface area contributed by atoms with E-state index >= 15 is 0 Å². The number of aliphatic hydroxyl groups excluding tert-OH is 1. The Bertz CT molecular complexity index is 480. The molecule has 118 valence electrons. The first-order valence-corrected chi connectivity index (χ1v) is 8.99. The number of nitrogens with one attached hydrogen (secondary N) is 1. The van der Waals surface area contributed by atoms with Gasteiger partial charge in [-0.05, 0) is 43.2 Å². The molecule has 1 aliphatic carbocycles. The number of nitrogens with zero attached hydrogens (tertiary/aromatic N) is 1. The summed E-state index contributed by atoms with van der Waals surface area (Å²) < 4.78 is 0. The molecular formula is C16H27N3OS. The molecule has 1 unspecified atom stereocenters. The molecule has 3 rings (SSSR count). The molecule has 1 aromatic heterocycles. The van der Waals surface area contributed by atoms with Crippen LogP contribution in [0.2, 0.25) is 0 Å². The minimum Gasteiger partial charge on any atom is -0.361 e. The maximum atomic E-state index is 9.32. The maximum absolute atomic E-state index is 9.32. The van der Waals surface area contributed by atoms with Crippen LogP contribution in [0.25, 0.3) is 0 Å². The first kappa shape index (κ1) is 15.3. The van der Waals surface area contributed by atoms with Gasteiger partial charge in [0.1, 0.15) is 0 Å². The van der Waals surface area contributed by atoms with Gasteiger partial charge in [-0.15, -0.1) is 11.3 Å². The molecule has 2 heterocycles. The standard InChI is InChI=1S/C16H27N3OS/c1-11-13-10-19(9-12-5-3-2-4-6-12)8-7-14(13)21-15(11)18-16(17)20/h12,16,18,20H,2-10,17H2,1H3. The fourth-order valence-corrected chi connectivity index (χ4v) is 4.98. The molecule has 0 saturated heterocycles. The van der Waals surface area contributed by atoms with Gasteiger partial charge in [0.15, 0.2) is 6.35 Å². The molecule has 5 heteroatoms. The number of hydrogen-bond donors (Lipinski definition) is 3. The summed E-state index contributed by atoms with van der Waals surface area (Å²) in [4.78, 5) is 4.09. The predicted molar refractivity (Wildman–Crippen MR) is 88.4 cm³/mol. The number of thiophene rings is 1. The lowest BCUT2D eigenvalue weighted by Gasteiger charge is -2.32. The number of rotatable bonds is 4. The molecule has 2 aliphatic rings. The first-order chi connectivity index (χ1) is 10.1. The zero-order valence-corrected chi connectivity index (χ0v) is 13.7. The molecule has 1 atom stereocenters. The number of fused-ring (bicyclic) bond motifs is 1. The molecule has 21 heavy (non-hydrogen) atoms. The van der Waals surface area contributed by atoms with E-state index in [-0.39, 0.29) is 0 Å². The van der Waals surface area contributed by atoms with Crippen LogP contribution in [0.4, 0.5) is 5.00 Å². The summed E-state index contributed by atoms with van der Waals surface area (Å²) in [5.74, 6) is 0.905. The molecule has 0 radical (unpaired) electrons. The van der Waals surface area contributed by atoms with Crippen LogP contribution in [0, 0.1) is 12.8 Å². The first-order valence-electron chi connectivity index (χ1n) is 8.17. The van der Waals surface area contributed by atoms with Gasteiger partial charge in [0.2, 0.25) is 0 Å². The Morgan fingerprint density at radius 3 is 2.86 bits per heavy atom. The normalized spacial score (nSPS) is 22.0. The molecule has 0 aromatic carbocycles. The summed E-state index contributed by atoms with van der Waals surface area (Å²) in [7, 11) is 0. The van der Waals surface area contributed by atoms with Gasteiger partial charge in [-0.1, -0.05) is 19.3 Å². The summed E-state index contributed by atoms with van der Waals surface area (Å²) in [6.45, 7) is 5.64. The smallest absolute Gasteiger partial charge is 0.179 e. The zero-order chi connectivity index (χ0) is 14.8. The largest absolute Gasteiger partial charge is 0.361 e. The SMILES string of the molecule is Cc1c(NC(N)O)sc2c1CN(CC1CCCCC1)CC2. The van der Waals surface area contributed by atoms with E-state index in [1.165, 1.54) is 61.2 Å². The van der Waals surface area contributed by atoms with Gasteiger partial charge in [-0.3, -0.25) is 10.6 Å². The van der Waals surface area contributed by atoms with Crippen LogP contribution in [-0.2, 0) is 13.0 Å². The Kier molecular flexibility index (Phi) is 4.84. The highest BCUT2D eigenvalue weighted by molar-refractivity contribution is 7.16. The van der Waals surface area contributed by atoms with Gasteiger partial charge >= 0.3 is 0 Å². The van der Waals surface area contributed by atoms with E-state index < -0.39 is 6.35 Å². The lowest BCUT2D eigenvalue weighted by atomic mass is 9.88. The van der Waals surface area contributed by atoms with Gasteiger partial charge in [-0.2, -0.15) is 0 Å². The Hall–Kier alpha value is -0.620. The number of nitrogens with two attached hydrogens (primary N) is 1. The second kappa shape index (κ2) is 6.65. The van der Waals surface area contributed by atoms with Crippen molar-refractivity contribution in [3.63, 3.8) is 0 Å². The van der Waals surface area contributed by atoms with Crippen LogP contribution in [0.15, 0.2) is 0 Å². The maximum Gasteiger partial charge on any atom is 0.179 e. The molecule has 0 spiro atoms. The van der Waals surface area contributed by atoms with Crippen molar-refractivity contribution in [2.75, 3.05) is 18.4 Å². The third-order valence-corrected chi connectivity index (χ3v) is 6.24. The number of anilines is 1. The van der Waals surface area contributed by atoms with Gasteiger partial charge in [0.25, 0.3) is 0 Å². The Balaban J connectivity index is 1.65. The second-order valence-electron chi connectivity index (χ2n) is 6.54. The molecule has 1 aliphatic heterocycles. The summed E-state index contributed by atoms with van der Waals surface area (Å²) in [5, 5.41) is 13.3. The van der Waals surface area contributed by atoms with Crippen molar-refractivity contribution in [3.8, 4) is 0 Å². The highest BCUT2D eigenvalue weighted by Crippen LogP contribution is 2.37. The van der Waals surface area contributed by atoms with Crippen molar-refractivity contribution in [1.82, 2.24) is 4.90 Å². The van der Waals surface area contributed by atoms with Gasteiger partial charge < -0.3 is 10.4 Å². The molecule has 0 amide bonds. The second-order valence-corrected chi connectivity index (χ2v) is 7.64. The van der Waals surface area contributed by atoms with Crippen LogP contribution in [0.3, 0.4) is 0 Å². The van der Waals surface area contributed by atoms with Crippen molar-refractivity contribution in [2.24, 2.45) is 11.7 Å².